The molecule has 0 radical (unpaired) electrons. The molecule has 0 unspecified atom stereocenters. The number of nitrogens with one attached hydrogen (secondary N) is 1. The van der Waals surface area contributed by atoms with Crippen LogP contribution in [0.3, 0.4) is 0 Å². The Labute approximate surface area is 194 Å². The Morgan fingerprint density at radius 3 is 2.59 bits per heavy atom. The molecule has 1 aliphatic heterocycles. The van der Waals surface area contributed by atoms with E-state index in [1.54, 1.807) is 28.8 Å². The first-order valence-corrected chi connectivity index (χ1v) is 10.6. The number of para-hydroxylation sites is 2. The molecule has 1 atom stereocenters. The summed E-state index contributed by atoms with van der Waals surface area (Å²) in [6.07, 6.45) is 2.44. The van der Waals surface area contributed by atoms with Gasteiger partial charge in [-0.1, -0.05) is 18.2 Å². The average Bonchev–Trinajstić information content (AvgIpc) is 3.15. The number of halogens is 1. The minimum absolute atomic E-state index is 0.0723. The van der Waals surface area contributed by atoms with E-state index >= 15 is 0 Å². The van der Waals surface area contributed by atoms with Crippen LogP contribution in [0.25, 0.3) is 5.52 Å². The summed E-state index contributed by atoms with van der Waals surface area (Å²) in [5.41, 5.74) is 5.41. The molecule has 0 aliphatic carbocycles. The maximum Gasteiger partial charge on any atom is 0.284 e. The first-order valence-electron chi connectivity index (χ1n) is 10.6. The minimum Gasteiger partial charge on any atom is -0.485 e. The molecule has 170 valence electrons. The Kier molecular flexibility index (Phi) is 5.55. The summed E-state index contributed by atoms with van der Waals surface area (Å²) in [7, 11) is 0. The number of amides is 1. The lowest BCUT2D eigenvalue weighted by atomic mass is 10.0. The second kappa shape index (κ2) is 8.82. The molecule has 5 rings (SSSR count). The van der Waals surface area contributed by atoms with Gasteiger partial charge in [0.05, 0.1) is 17.4 Å². The molecule has 0 fully saturated rings. The van der Waals surface area contributed by atoms with E-state index in [0.717, 1.165) is 5.52 Å². The highest BCUT2D eigenvalue weighted by Gasteiger charge is 2.27. The van der Waals surface area contributed by atoms with Gasteiger partial charge >= 0.3 is 0 Å². The molecule has 2 aromatic heterocycles. The predicted molar refractivity (Wildman–Crippen MR) is 124 cm³/mol. The van der Waals surface area contributed by atoms with Gasteiger partial charge in [0.1, 0.15) is 12.4 Å². The highest BCUT2D eigenvalue weighted by Crippen LogP contribution is 2.31. The lowest BCUT2D eigenvalue weighted by molar-refractivity contribution is -0.130. The number of benzene rings is 2. The third-order valence-electron chi connectivity index (χ3n) is 5.63. The maximum atomic E-state index is 13.3. The fourth-order valence-corrected chi connectivity index (χ4v) is 3.92. The molecule has 1 N–H and O–H groups in total. The van der Waals surface area contributed by atoms with Crippen LogP contribution >= 0.6 is 0 Å². The van der Waals surface area contributed by atoms with E-state index in [9.17, 15) is 14.0 Å². The van der Waals surface area contributed by atoms with Crippen molar-refractivity contribution in [3.8, 4) is 11.5 Å². The second-order valence-electron chi connectivity index (χ2n) is 7.78. The summed E-state index contributed by atoms with van der Waals surface area (Å²) in [4.78, 5) is 25.8. The summed E-state index contributed by atoms with van der Waals surface area (Å²) in [6.45, 7) is 1.88. The van der Waals surface area contributed by atoms with Crippen molar-refractivity contribution in [1.82, 2.24) is 9.83 Å². The Morgan fingerprint density at radius 1 is 1.06 bits per heavy atom. The number of carbonyl (C=O) groups is 2. The van der Waals surface area contributed by atoms with E-state index < -0.39 is 17.8 Å². The number of hydrogen-bond acceptors (Lipinski definition) is 5. The first kappa shape index (κ1) is 21.4. The van der Waals surface area contributed by atoms with Crippen LogP contribution in [0.5, 0.6) is 11.5 Å². The SMILES string of the molecule is Cc1c(/C=N\NC(=O)[C@@H]2COc3ccccc3O2)c2ccccn2c1C(=O)c1ccc(F)cc1. The molecule has 2 aromatic carbocycles. The van der Waals surface area contributed by atoms with Crippen molar-refractivity contribution >= 4 is 23.4 Å². The molecule has 8 heteroatoms. The van der Waals surface area contributed by atoms with Crippen molar-refractivity contribution in [1.29, 1.82) is 0 Å². The van der Waals surface area contributed by atoms with Gasteiger partial charge in [0.25, 0.3) is 5.91 Å². The molecule has 7 nitrogen and oxygen atoms in total. The Morgan fingerprint density at radius 2 is 1.79 bits per heavy atom. The monoisotopic (exact) mass is 457 g/mol. The number of hydrazone groups is 1. The molecule has 0 bridgehead atoms. The fourth-order valence-electron chi connectivity index (χ4n) is 3.92. The zero-order chi connectivity index (χ0) is 23.7. The first-order chi connectivity index (χ1) is 16.5. The van der Waals surface area contributed by atoms with Gasteiger partial charge in [0.2, 0.25) is 11.9 Å². The number of pyridine rings is 1. The summed E-state index contributed by atoms with van der Waals surface area (Å²) >= 11 is 0. The van der Waals surface area contributed by atoms with Gasteiger partial charge in [0.15, 0.2) is 11.5 Å². The smallest absolute Gasteiger partial charge is 0.284 e. The molecule has 0 spiro atoms. The second-order valence-corrected chi connectivity index (χ2v) is 7.78. The topological polar surface area (TPSA) is 81.4 Å². The third kappa shape index (κ3) is 3.90. The zero-order valence-electron chi connectivity index (χ0n) is 18.2. The van der Waals surface area contributed by atoms with E-state index in [0.29, 0.717) is 33.9 Å². The molecule has 1 amide bonds. The van der Waals surface area contributed by atoms with Gasteiger partial charge in [-0.15, -0.1) is 0 Å². The lowest BCUT2D eigenvalue weighted by Gasteiger charge is -2.24. The number of carbonyl (C=O) groups excluding carboxylic acids is 2. The number of hydrogen-bond donors (Lipinski definition) is 1. The standard InChI is InChI=1S/C26H20FN3O4/c1-16-19(14-28-29-26(32)23-15-33-21-7-2-3-8-22(21)34-23)20-6-4-5-13-30(20)24(16)25(31)17-9-11-18(27)12-10-17/h2-14,23H,15H2,1H3,(H,29,32)/b28-14-/t23-/m0/s1. The number of nitrogens with zero attached hydrogens (tertiary/aromatic N) is 2. The van der Waals surface area contributed by atoms with E-state index in [-0.39, 0.29) is 12.4 Å². The van der Waals surface area contributed by atoms with Crippen LogP contribution < -0.4 is 14.9 Å². The van der Waals surface area contributed by atoms with Crippen molar-refractivity contribution in [3.05, 3.63) is 101 Å². The summed E-state index contributed by atoms with van der Waals surface area (Å²) in [5.74, 6) is -0.0172. The van der Waals surface area contributed by atoms with Crippen LogP contribution in [0.15, 0.2) is 78.0 Å². The molecule has 0 saturated heterocycles. The van der Waals surface area contributed by atoms with Crippen LogP contribution in [-0.2, 0) is 4.79 Å². The van der Waals surface area contributed by atoms with Gasteiger partial charge < -0.3 is 13.9 Å². The highest BCUT2D eigenvalue weighted by molar-refractivity contribution is 6.12. The van der Waals surface area contributed by atoms with Crippen LogP contribution in [0.1, 0.15) is 27.2 Å². The van der Waals surface area contributed by atoms with Crippen LogP contribution in [0, 0.1) is 12.7 Å². The van der Waals surface area contributed by atoms with Gasteiger partial charge in [-0.25, -0.2) is 9.82 Å². The van der Waals surface area contributed by atoms with Gasteiger partial charge in [-0.3, -0.25) is 9.59 Å². The fraction of sp³-hybridized carbons (Fsp3) is 0.115. The van der Waals surface area contributed by atoms with Crippen molar-refractivity contribution in [2.75, 3.05) is 6.61 Å². The largest absolute Gasteiger partial charge is 0.485 e. The van der Waals surface area contributed by atoms with Crippen molar-refractivity contribution in [2.24, 2.45) is 5.10 Å². The Balaban J connectivity index is 1.39. The van der Waals surface area contributed by atoms with Crippen LogP contribution in [-0.4, -0.2) is 35.0 Å². The third-order valence-corrected chi connectivity index (χ3v) is 5.63. The molecular weight excluding hydrogens is 437 g/mol. The summed E-state index contributed by atoms with van der Waals surface area (Å²) in [6, 6.07) is 18.1. The molecule has 34 heavy (non-hydrogen) atoms. The predicted octanol–water partition coefficient (Wildman–Crippen LogP) is 3.91. The molecule has 0 saturated carbocycles. The number of fused-ring (bicyclic) bond motifs is 2. The summed E-state index contributed by atoms with van der Waals surface area (Å²) in [5, 5.41) is 4.11. The molecule has 3 heterocycles. The van der Waals surface area contributed by atoms with Crippen molar-refractivity contribution in [2.45, 2.75) is 13.0 Å². The summed E-state index contributed by atoms with van der Waals surface area (Å²) < 4.78 is 26.4. The van der Waals surface area contributed by atoms with Gasteiger partial charge in [0, 0.05) is 17.3 Å². The zero-order valence-corrected chi connectivity index (χ0v) is 18.2. The Hall–Kier alpha value is -4.46. The molecule has 1 aliphatic rings. The van der Waals surface area contributed by atoms with Gasteiger partial charge in [-0.05, 0) is 61.0 Å². The highest BCUT2D eigenvalue weighted by atomic mass is 19.1. The lowest BCUT2D eigenvalue weighted by Crippen LogP contribution is -2.42. The number of ether oxygens (including phenoxy) is 2. The average molecular weight is 457 g/mol. The van der Waals surface area contributed by atoms with Crippen LogP contribution in [0.4, 0.5) is 4.39 Å². The van der Waals surface area contributed by atoms with Crippen molar-refractivity contribution in [3.63, 3.8) is 0 Å². The van der Waals surface area contributed by atoms with E-state index in [1.807, 2.05) is 31.2 Å². The van der Waals surface area contributed by atoms with E-state index in [4.69, 9.17) is 9.47 Å². The maximum absolute atomic E-state index is 13.3. The molecular formula is C26H20FN3O4. The Bertz CT molecular complexity index is 1430. The quantitative estimate of drug-likeness (QED) is 0.280. The normalized spacial score (nSPS) is 14.9. The van der Waals surface area contributed by atoms with Crippen LogP contribution in [0.2, 0.25) is 0 Å². The minimum atomic E-state index is -0.838. The van der Waals surface area contributed by atoms with E-state index in [2.05, 4.69) is 10.5 Å². The van der Waals surface area contributed by atoms with Crippen molar-refractivity contribution < 1.29 is 23.5 Å². The number of aromatic nitrogens is 1. The molecule has 4 aromatic rings. The van der Waals surface area contributed by atoms with E-state index in [1.165, 1.54) is 30.5 Å². The number of ketones is 1. The van der Waals surface area contributed by atoms with Gasteiger partial charge in [-0.2, -0.15) is 5.10 Å². The number of rotatable bonds is 5.